The number of halogens is 3. The van der Waals surface area contributed by atoms with Crippen molar-refractivity contribution in [1.29, 1.82) is 0 Å². The van der Waals surface area contributed by atoms with Crippen LogP contribution in [0.25, 0.3) is 22.2 Å². The Morgan fingerprint density at radius 2 is 2.03 bits per heavy atom. The molecule has 13 heteroatoms. The first kappa shape index (κ1) is 27.4. The van der Waals surface area contributed by atoms with Gasteiger partial charge in [-0.1, -0.05) is 17.7 Å². The molecule has 200 valence electrons. The molecule has 1 aromatic carbocycles. The van der Waals surface area contributed by atoms with Crippen molar-refractivity contribution in [2.24, 2.45) is 5.92 Å². The van der Waals surface area contributed by atoms with Gasteiger partial charge in [-0.3, -0.25) is 9.36 Å². The molecule has 1 aliphatic rings. The molecule has 1 aliphatic heterocycles. The average molecular weight is 555 g/mol. The van der Waals surface area contributed by atoms with Crippen LogP contribution in [0.2, 0.25) is 5.02 Å². The molecule has 0 aliphatic carbocycles. The summed E-state index contributed by atoms with van der Waals surface area (Å²) < 4.78 is 57.2. The van der Waals surface area contributed by atoms with Crippen molar-refractivity contribution in [3.05, 3.63) is 45.8 Å². The van der Waals surface area contributed by atoms with Gasteiger partial charge in [0.2, 0.25) is 16.0 Å². The van der Waals surface area contributed by atoms with Gasteiger partial charge in [0.25, 0.3) is 11.5 Å². The number of rotatable bonds is 8. The summed E-state index contributed by atoms with van der Waals surface area (Å²) in [6.07, 6.45) is 1.19. The summed E-state index contributed by atoms with van der Waals surface area (Å²) in [5.41, 5.74) is 0.340. The molecule has 0 amide bonds. The summed E-state index contributed by atoms with van der Waals surface area (Å²) in [6.45, 7) is 5.78. The molecule has 1 fully saturated rings. The van der Waals surface area contributed by atoms with Crippen molar-refractivity contribution in [3.63, 3.8) is 0 Å². The van der Waals surface area contributed by atoms with Gasteiger partial charge in [-0.2, -0.15) is 4.98 Å². The van der Waals surface area contributed by atoms with Gasteiger partial charge in [0.05, 0.1) is 11.4 Å². The molecule has 1 unspecified atom stereocenters. The topological polar surface area (TPSA) is 118 Å². The number of benzene rings is 1. The van der Waals surface area contributed by atoms with Gasteiger partial charge in [-0.05, 0) is 44.9 Å². The van der Waals surface area contributed by atoms with E-state index >= 15 is 0 Å². The Labute approximate surface area is 218 Å². The van der Waals surface area contributed by atoms with Crippen molar-refractivity contribution in [3.8, 4) is 11.1 Å². The maximum atomic E-state index is 14.1. The maximum absolute atomic E-state index is 14.1. The molecule has 4 rings (SSSR count). The molecule has 9 nitrogen and oxygen atoms in total. The lowest BCUT2D eigenvalue weighted by Crippen LogP contribution is -2.45. The van der Waals surface area contributed by atoms with Crippen molar-refractivity contribution < 1.29 is 17.2 Å². The molecule has 3 aromatic rings. The summed E-state index contributed by atoms with van der Waals surface area (Å²) in [6, 6.07) is 5.39. The lowest BCUT2D eigenvalue weighted by molar-refractivity contribution is -0.0415. The third-order valence-electron chi connectivity index (χ3n) is 5.94. The summed E-state index contributed by atoms with van der Waals surface area (Å²) in [5.74, 6) is -3.07. The van der Waals surface area contributed by atoms with Gasteiger partial charge in [0.1, 0.15) is 5.65 Å². The first-order valence-corrected chi connectivity index (χ1v) is 13.8. The van der Waals surface area contributed by atoms with Crippen LogP contribution in [0, 0.1) is 5.92 Å². The second-order valence-electron chi connectivity index (χ2n) is 9.45. The summed E-state index contributed by atoms with van der Waals surface area (Å²) >= 11 is 6.49. The zero-order valence-electron chi connectivity index (χ0n) is 20.7. The number of alkyl halides is 2. The van der Waals surface area contributed by atoms with E-state index < -0.39 is 34.0 Å². The zero-order valence-corrected chi connectivity index (χ0v) is 22.3. The number of piperidine rings is 1. The molecular weight excluding hydrogens is 526 g/mol. The first-order valence-electron chi connectivity index (χ1n) is 12.0. The third-order valence-corrected chi connectivity index (χ3v) is 7.91. The van der Waals surface area contributed by atoms with E-state index in [4.69, 9.17) is 11.6 Å². The van der Waals surface area contributed by atoms with E-state index in [9.17, 15) is 22.0 Å². The van der Waals surface area contributed by atoms with Crippen LogP contribution in [0.4, 0.5) is 14.7 Å². The highest BCUT2D eigenvalue weighted by molar-refractivity contribution is 7.89. The lowest BCUT2D eigenvalue weighted by Gasteiger charge is -2.30. The summed E-state index contributed by atoms with van der Waals surface area (Å²) in [5, 5.41) is 6.31. The minimum atomic E-state index is -3.80. The molecular formula is C24H29ClF2N6O3S. The number of anilines is 1. The molecule has 37 heavy (non-hydrogen) atoms. The minimum absolute atomic E-state index is 0.0106. The van der Waals surface area contributed by atoms with Gasteiger partial charge in [-0.15, -0.1) is 0 Å². The van der Waals surface area contributed by atoms with Gasteiger partial charge >= 0.3 is 0 Å². The number of sulfonamides is 1. The van der Waals surface area contributed by atoms with Crippen molar-refractivity contribution >= 4 is 38.6 Å². The Bertz CT molecular complexity index is 1480. The number of fused-ring (bicyclic) bond motifs is 1. The fourth-order valence-electron chi connectivity index (χ4n) is 4.44. The third kappa shape index (κ3) is 6.08. The van der Waals surface area contributed by atoms with Gasteiger partial charge in [-0.25, -0.2) is 26.9 Å². The molecule has 0 spiro atoms. The van der Waals surface area contributed by atoms with Crippen LogP contribution in [0.1, 0.15) is 27.2 Å². The highest BCUT2D eigenvalue weighted by Crippen LogP contribution is 2.31. The van der Waals surface area contributed by atoms with Crippen molar-refractivity contribution in [1.82, 2.24) is 24.6 Å². The fourth-order valence-corrected chi connectivity index (χ4v) is 6.06. The molecule has 0 bridgehead atoms. The molecule has 3 heterocycles. The molecule has 3 N–H and O–H groups in total. The Morgan fingerprint density at radius 1 is 1.27 bits per heavy atom. The van der Waals surface area contributed by atoms with E-state index in [-0.39, 0.29) is 34.5 Å². The Kier molecular flexibility index (Phi) is 7.84. The molecule has 2 aromatic heterocycles. The average Bonchev–Trinajstić information content (AvgIpc) is 2.80. The van der Waals surface area contributed by atoms with Crippen LogP contribution >= 0.6 is 11.6 Å². The number of nitrogens with zero attached hydrogens (tertiary/aromatic N) is 3. The van der Waals surface area contributed by atoms with E-state index in [0.29, 0.717) is 35.6 Å². The van der Waals surface area contributed by atoms with Crippen LogP contribution < -0.4 is 20.9 Å². The second-order valence-corrected chi connectivity index (χ2v) is 11.6. The standard InChI is InChI=1S/C24H29ClF2N6O3S/c1-4-29-23-30-11-16-7-19(18-6-5-17(8-20(18)25)37(35,36)32-14(2)3)22(34)33(21(16)31-23)12-15-9-24(26,27)13-28-10-15/h5-8,11,14-15,28,32H,4,9-10,12-13H2,1-3H3,(H,29,30,31). The normalized spacial score (nSPS) is 17.9. The number of hydrogen-bond donors (Lipinski definition) is 3. The molecule has 0 saturated carbocycles. The predicted molar refractivity (Wildman–Crippen MR) is 140 cm³/mol. The van der Waals surface area contributed by atoms with E-state index in [1.54, 1.807) is 26.1 Å². The van der Waals surface area contributed by atoms with Crippen LogP contribution in [0.3, 0.4) is 0 Å². The Hall–Kier alpha value is -2.67. The Morgan fingerprint density at radius 3 is 2.68 bits per heavy atom. The van der Waals surface area contributed by atoms with Crippen LogP contribution in [-0.2, 0) is 16.6 Å². The van der Waals surface area contributed by atoms with E-state index in [2.05, 4.69) is 25.3 Å². The highest BCUT2D eigenvalue weighted by Gasteiger charge is 2.36. The van der Waals surface area contributed by atoms with Crippen LogP contribution in [0.5, 0.6) is 0 Å². The minimum Gasteiger partial charge on any atom is -0.354 e. The van der Waals surface area contributed by atoms with Crippen LogP contribution in [0.15, 0.2) is 40.2 Å². The second kappa shape index (κ2) is 10.6. The predicted octanol–water partition coefficient (Wildman–Crippen LogP) is 3.48. The molecule has 1 saturated heterocycles. The van der Waals surface area contributed by atoms with Gasteiger partial charge in [0.15, 0.2) is 0 Å². The van der Waals surface area contributed by atoms with E-state index in [0.717, 1.165) is 0 Å². The highest BCUT2D eigenvalue weighted by atomic mass is 35.5. The monoisotopic (exact) mass is 554 g/mol. The number of nitrogens with one attached hydrogen (secondary N) is 3. The SMILES string of the molecule is CCNc1ncc2cc(-c3ccc(S(=O)(=O)NC(C)C)cc3Cl)c(=O)n(CC3CNCC(F)(F)C3)c2n1. The lowest BCUT2D eigenvalue weighted by atomic mass is 9.96. The zero-order chi connectivity index (χ0) is 27.0. The van der Waals surface area contributed by atoms with Crippen LogP contribution in [-0.4, -0.2) is 54.6 Å². The number of aromatic nitrogens is 3. The van der Waals surface area contributed by atoms with Gasteiger partial charge < -0.3 is 10.6 Å². The van der Waals surface area contributed by atoms with Gasteiger partial charge in [0, 0.05) is 59.8 Å². The summed E-state index contributed by atoms with van der Waals surface area (Å²) in [4.78, 5) is 22.5. The quantitative estimate of drug-likeness (QED) is 0.390. The number of hydrogen-bond acceptors (Lipinski definition) is 7. The fraction of sp³-hybridized carbons (Fsp3) is 0.458. The van der Waals surface area contributed by atoms with Crippen molar-refractivity contribution in [2.75, 3.05) is 25.0 Å². The molecule has 1 atom stereocenters. The Balaban J connectivity index is 1.84. The largest absolute Gasteiger partial charge is 0.354 e. The van der Waals surface area contributed by atoms with E-state index in [1.165, 1.54) is 22.8 Å². The maximum Gasteiger partial charge on any atom is 0.260 e. The summed E-state index contributed by atoms with van der Waals surface area (Å²) in [7, 11) is -3.80. The van der Waals surface area contributed by atoms with E-state index in [1.807, 2.05) is 6.92 Å². The first-order chi connectivity index (χ1) is 17.4. The smallest absolute Gasteiger partial charge is 0.260 e. The van der Waals surface area contributed by atoms with Crippen molar-refractivity contribution in [2.45, 2.75) is 50.6 Å². The number of pyridine rings is 1. The molecule has 0 radical (unpaired) electrons.